The molecule has 0 amide bonds. The van der Waals surface area contributed by atoms with Gasteiger partial charge in [0.15, 0.2) is 0 Å². The Hall–Kier alpha value is -0.0800. The number of piperidine rings is 1. The minimum atomic E-state index is 0.847. The fraction of sp³-hybridized carbons (Fsp3) is 1.00. The Balaban J connectivity index is 2.13. The second-order valence-electron chi connectivity index (χ2n) is 4.30. The highest BCUT2D eigenvalue weighted by atomic mass is 15.3. The Kier molecular flexibility index (Phi) is 1.69. The van der Waals surface area contributed by atoms with Crippen molar-refractivity contribution < 1.29 is 0 Å². The van der Waals surface area contributed by atoms with E-state index in [1.165, 1.54) is 19.4 Å². The first kappa shape index (κ1) is 7.56. The van der Waals surface area contributed by atoms with Crippen LogP contribution in [0, 0.1) is 5.92 Å². The maximum Gasteiger partial charge on any atom is 0.0285 e. The lowest BCUT2D eigenvalue weighted by molar-refractivity contribution is 0.219. The highest BCUT2D eigenvalue weighted by molar-refractivity contribution is 5.02. The zero-order valence-corrected chi connectivity index (χ0v) is 7.75. The summed E-state index contributed by atoms with van der Waals surface area (Å²) >= 11 is 0. The SMILES string of the molecule is CN(C)C1C2CCC1N(C)C2. The van der Waals surface area contributed by atoms with E-state index in [1.54, 1.807) is 0 Å². The second-order valence-corrected chi connectivity index (χ2v) is 4.30. The van der Waals surface area contributed by atoms with Crippen LogP contribution in [0.15, 0.2) is 0 Å². The molecule has 0 aromatic heterocycles. The van der Waals surface area contributed by atoms with Crippen LogP contribution in [0.5, 0.6) is 0 Å². The number of likely N-dealkylation sites (N-methyl/N-ethyl adjacent to an activating group) is 2. The van der Waals surface area contributed by atoms with Crippen LogP contribution in [0.4, 0.5) is 0 Å². The van der Waals surface area contributed by atoms with Crippen molar-refractivity contribution in [1.29, 1.82) is 0 Å². The molecule has 1 aliphatic heterocycles. The van der Waals surface area contributed by atoms with E-state index in [9.17, 15) is 0 Å². The molecule has 1 saturated heterocycles. The molecule has 2 rings (SSSR count). The van der Waals surface area contributed by atoms with Crippen LogP contribution in [0.25, 0.3) is 0 Å². The summed E-state index contributed by atoms with van der Waals surface area (Å²) in [7, 11) is 6.70. The summed E-state index contributed by atoms with van der Waals surface area (Å²) in [6, 6.07) is 1.70. The maximum absolute atomic E-state index is 2.53. The molecule has 3 unspecified atom stereocenters. The van der Waals surface area contributed by atoms with Gasteiger partial charge in [-0.2, -0.15) is 0 Å². The van der Waals surface area contributed by atoms with Gasteiger partial charge in [-0.3, -0.25) is 0 Å². The molecule has 1 aliphatic carbocycles. The summed E-state index contributed by atoms with van der Waals surface area (Å²) in [6.07, 6.45) is 2.88. The Labute approximate surface area is 69.2 Å². The van der Waals surface area contributed by atoms with Crippen molar-refractivity contribution in [2.75, 3.05) is 27.7 Å². The van der Waals surface area contributed by atoms with Crippen molar-refractivity contribution in [3.8, 4) is 0 Å². The first-order chi connectivity index (χ1) is 5.20. The van der Waals surface area contributed by atoms with Gasteiger partial charge in [-0.15, -0.1) is 0 Å². The Morgan fingerprint density at radius 1 is 1.27 bits per heavy atom. The lowest BCUT2D eigenvalue weighted by atomic mass is 10.1. The quantitative estimate of drug-likeness (QED) is 0.547. The van der Waals surface area contributed by atoms with Gasteiger partial charge in [0.05, 0.1) is 0 Å². The molecule has 1 saturated carbocycles. The van der Waals surface area contributed by atoms with Gasteiger partial charge in [0.2, 0.25) is 0 Å². The van der Waals surface area contributed by atoms with Crippen LogP contribution in [-0.4, -0.2) is 49.6 Å². The van der Waals surface area contributed by atoms with Gasteiger partial charge < -0.3 is 9.80 Å². The van der Waals surface area contributed by atoms with E-state index in [0.717, 1.165) is 18.0 Å². The normalized spacial score (nSPS) is 44.2. The summed E-state index contributed by atoms with van der Waals surface area (Å²) in [6.45, 7) is 1.33. The fourth-order valence-electron chi connectivity index (χ4n) is 2.99. The van der Waals surface area contributed by atoms with Gasteiger partial charge >= 0.3 is 0 Å². The standard InChI is InChI=1S/C9H18N2/c1-10(2)9-7-4-5-8(9)11(3)6-7/h7-9H,4-6H2,1-3H3. The van der Waals surface area contributed by atoms with Crippen LogP contribution in [0.3, 0.4) is 0 Å². The topological polar surface area (TPSA) is 6.48 Å². The van der Waals surface area contributed by atoms with Crippen molar-refractivity contribution in [2.45, 2.75) is 24.9 Å². The van der Waals surface area contributed by atoms with E-state index in [4.69, 9.17) is 0 Å². The van der Waals surface area contributed by atoms with Gasteiger partial charge in [-0.05, 0) is 39.9 Å². The monoisotopic (exact) mass is 154 g/mol. The van der Waals surface area contributed by atoms with Crippen LogP contribution in [0.1, 0.15) is 12.8 Å². The van der Waals surface area contributed by atoms with Crippen LogP contribution in [-0.2, 0) is 0 Å². The lowest BCUT2D eigenvalue weighted by Gasteiger charge is -2.25. The first-order valence-corrected chi connectivity index (χ1v) is 4.57. The third-order valence-corrected chi connectivity index (χ3v) is 3.40. The van der Waals surface area contributed by atoms with Gasteiger partial charge in [0.1, 0.15) is 0 Å². The van der Waals surface area contributed by atoms with Crippen molar-refractivity contribution in [2.24, 2.45) is 5.92 Å². The minimum absolute atomic E-state index is 0.847. The molecule has 0 aromatic carbocycles. The molecule has 1 heterocycles. The molecule has 2 fully saturated rings. The molecule has 2 aliphatic rings. The molecule has 2 nitrogen and oxygen atoms in total. The number of fused-ring (bicyclic) bond motifs is 2. The molecule has 11 heavy (non-hydrogen) atoms. The second kappa shape index (κ2) is 2.46. The van der Waals surface area contributed by atoms with Gasteiger partial charge in [-0.1, -0.05) is 0 Å². The summed E-state index contributed by atoms with van der Waals surface area (Å²) < 4.78 is 0. The Morgan fingerprint density at radius 2 is 2.00 bits per heavy atom. The molecule has 0 aromatic rings. The third kappa shape index (κ3) is 1.00. The zero-order valence-electron chi connectivity index (χ0n) is 7.75. The molecule has 0 N–H and O–H groups in total. The average molecular weight is 154 g/mol. The first-order valence-electron chi connectivity index (χ1n) is 4.57. The summed E-state index contributed by atoms with van der Waals surface area (Å²) in [5, 5.41) is 0. The zero-order chi connectivity index (χ0) is 8.01. The van der Waals surface area contributed by atoms with E-state index in [0.29, 0.717) is 0 Å². The molecule has 0 spiro atoms. The largest absolute Gasteiger partial charge is 0.305 e. The molecular formula is C9H18N2. The number of nitrogens with zero attached hydrogens (tertiary/aromatic N) is 2. The number of rotatable bonds is 1. The molecule has 64 valence electrons. The van der Waals surface area contributed by atoms with E-state index >= 15 is 0 Å². The smallest absolute Gasteiger partial charge is 0.0285 e. The van der Waals surface area contributed by atoms with Crippen molar-refractivity contribution in [3.05, 3.63) is 0 Å². The predicted octanol–water partition coefficient (Wildman–Crippen LogP) is 0.641. The van der Waals surface area contributed by atoms with Gasteiger partial charge in [0.25, 0.3) is 0 Å². The highest BCUT2D eigenvalue weighted by Gasteiger charge is 2.45. The van der Waals surface area contributed by atoms with E-state index in [-0.39, 0.29) is 0 Å². The lowest BCUT2D eigenvalue weighted by Crippen LogP contribution is -2.38. The number of likely N-dealkylation sites (tertiary alicyclic amines) is 1. The predicted molar refractivity (Wildman–Crippen MR) is 46.6 cm³/mol. The van der Waals surface area contributed by atoms with Crippen LogP contribution >= 0.6 is 0 Å². The fourth-order valence-corrected chi connectivity index (χ4v) is 2.99. The molecule has 3 atom stereocenters. The van der Waals surface area contributed by atoms with Crippen LogP contribution < -0.4 is 0 Å². The number of hydrogen-bond acceptors (Lipinski definition) is 2. The molecule has 2 heteroatoms. The van der Waals surface area contributed by atoms with Gasteiger partial charge in [-0.25, -0.2) is 0 Å². The number of hydrogen-bond donors (Lipinski definition) is 0. The molecular weight excluding hydrogens is 136 g/mol. The average Bonchev–Trinajstić information content (AvgIpc) is 2.41. The van der Waals surface area contributed by atoms with E-state index in [1.807, 2.05) is 0 Å². The highest BCUT2D eigenvalue weighted by Crippen LogP contribution is 2.38. The van der Waals surface area contributed by atoms with E-state index < -0.39 is 0 Å². The Bertz CT molecular complexity index is 156. The summed E-state index contributed by atoms with van der Waals surface area (Å²) in [4.78, 5) is 4.94. The maximum atomic E-state index is 2.53. The van der Waals surface area contributed by atoms with Crippen molar-refractivity contribution in [1.82, 2.24) is 9.80 Å². The van der Waals surface area contributed by atoms with E-state index in [2.05, 4.69) is 30.9 Å². The van der Waals surface area contributed by atoms with Crippen LogP contribution in [0.2, 0.25) is 0 Å². The molecule has 2 bridgehead atoms. The van der Waals surface area contributed by atoms with Gasteiger partial charge in [0, 0.05) is 18.6 Å². The summed E-state index contributed by atoms with van der Waals surface area (Å²) in [5.41, 5.74) is 0. The van der Waals surface area contributed by atoms with Crippen molar-refractivity contribution >= 4 is 0 Å². The van der Waals surface area contributed by atoms with Crippen molar-refractivity contribution in [3.63, 3.8) is 0 Å². The molecule has 0 radical (unpaired) electrons. The Morgan fingerprint density at radius 3 is 2.27 bits per heavy atom. The third-order valence-electron chi connectivity index (χ3n) is 3.40. The summed E-state index contributed by atoms with van der Waals surface area (Å²) in [5.74, 6) is 0.958. The minimum Gasteiger partial charge on any atom is -0.305 e.